The number of likely N-dealkylation sites (N-methyl/N-ethyl adjacent to an activating group) is 1. The fourth-order valence-electron chi connectivity index (χ4n) is 6.56. The normalized spacial score (nSPS) is 30.2. The minimum absolute atomic E-state index is 0.0953. The van der Waals surface area contributed by atoms with Crippen LogP contribution in [0.4, 0.5) is 0 Å². The monoisotopic (exact) mass is 531 g/mol. The molecule has 2 heterocycles. The molecule has 0 saturated carbocycles. The van der Waals surface area contributed by atoms with Gasteiger partial charge in [0.05, 0.1) is 24.3 Å². The second-order valence-electron chi connectivity index (χ2n) is 10.3. The van der Waals surface area contributed by atoms with Crippen molar-refractivity contribution >= 4 is 23.9 Å². The summed E-state index contributed by atoms with van der Waals surface area (Å²) in [5.41, 5.74) is 10.3. The second kappa shape index (κ2) is 8.96. The molecule has 1 saturated heterocycles. The zero-order chi connectivity index (χ0) is 27.6. The van der Waals surface area contributed by atoms with Crippen LogP contribution in [0.5, 0.6) is 11.5 Å². The Morgan fingerprint density at radius 1 is 1.13 bits per heavy atom. The van der Waals surface area contributed by atoms with Gasteiger partial charge in [0.15, 0.2) is 17.6 Å². The molecule has 1 spiro atoms. The summed E-state index contributed by atoms with van der Waals surface area (Å²) >= 11 is 0. The van der Waals surface area contributed by atoms with Crippen LogP contribution in [0.1, 0.15) is 36.8 Å². The summed E-state index contributed by atoms with van der Waals surface area (Å²) in [4.78, 5) is 50.2. The molecule has 1 aromatic rings. The first kappa shape index (κ1) is 25.9. The Labute approximate surface area is 216 Å². The quantitative estimate of drug-likeness (QED) is 0.265. The fourth-order valence-corrected chi connectivity index (χ4v) is 6.56. The van der Waals surface area contributed by atoms with Crippen molar-refractivity contribution in [3.63, 3.8) is 0 Å². The Morgan fingerprint density at radius 3 is 2.45 bits per heavy atom. The number of nitrogens with two attached hydrogens (primary N) is 2. The highest BCUT2D eigenvalue weighted by atomic mass is 16.6. The van der Waals surface area contributed by atoms with Crippen LogP contribution < -0.4 is 16.2 Å². The second-order valence-corrected chi connectivity index (χ2v) is 10.3. The molecule has 1 fully saturated rings. The molecule has 6 atom stereocenters. The number of likely N-dealkylation sites (tertiary alicyclic amines) is 1. The number of nitrogens with zero attached hydrogens (tertiary/aromatic N) is 1. The summed E-state index contributed by atoms with van der Waals surface area (Å²) in [7, 11) is 1.90. The van der Waals surface area contributed by atoms with E-state index in [-0.39, 0.29) is 29.7 Å². The van der Waals surface area contributed by atoms with Gasteiger partial charge >= 0.3 is 23.9 Å². The van der Waals surface area contributed by atoms with Gasteiger partial charge in [-0.1, -0.05) is 6.07 Å². The molecule has 2 bridgehead atoms. The maximum Gasteiger partial charge on any atom is 0.321 e. The average molecular weight is 532 g/mol. The van der Waals surface area contributed by atoms with Gasteiger partial charge in [-0.25, -0.2) is 0 Å². The molecule has 5 rings (SSSR count). The van der Waals surface area contributed by atoms with Gasteiger partial charge in [0.2, 0.25) is 0 Å². The third kappa shape index (κ3) is 3.64. The summed E-state index contributed by atoms with van der Waals surface area (Å²) in [6.45, 7) is 0.568. The summed E-state index contributed by atoms with van der Waals surface area (Å²) in [6, 6.07) is 0.0568. The molecule has 13 heteroatoms. The molecule has 0 amide bonds. The average Bonchev–Trinajstić information content (AvgIpc) is 3.20. The van der Waals surface area contributed by atoms with Gasteiger partial charge in [-0.3, -0.25) is 24.1 Å². The van der Waals surface area contributed by atoms with Crippen LogP contribution >= 0.6 is 0 Å². The fraction of sp³-hybridized carbons (Fsp3) is 0.520. The van der Waals surface area contributed by atoms with E-state index in [4.69, 9.17) is 30.8 Å². The number of ether oxygens (including phenoxy) is 3. The smallest absolute Gasteiger partial charge is 0.321 e. The van der Waals surface area contributed by atoms with Crippen molar-refractivity contribution in [1.29, 1.82) is 0 Å². The molecule has 0 radical (unpaired) electrons. The molecule has 2 aliphatic heterocycles. The molecule has 2 aliphatic carbocycles. The maximum atomic E-state index is 13.1. The number of hydrogen-bond acceptors (Lipinski definition) is 11. The van der Waals surface area contributed by atoms with E-state index >= 15 is 0 Å². The van der Waals surface area contributed by atoms with Crippen LogP contribution in [0, 0.1) is 0 Å². The Bertz CT molecular complexity index is 1260. The minimum Gasteiger partial charge on any atom is -0.504 e. The minimum atomic E-state index is -1.46. The number of esters is 2. The molecular formula is C25H29N3O10. The number of phenolic OH excluding ortho intramolecular Hbond substituents is 1. The van der Waals surface area contributed by atoms with Crippen LogP contribution in [0.25, 0.3) is 0 Å². The Balaban J connectivity index is 1.60. The number of carbonyl (C=O) groups excluding carboxylic acids is 2. The molecular weight excluding hydrogens is 502 g/mol. The van der Waals surface area contributed by atoms with Gasteiger partial charge in [0.1, 0.15) is 23.4 Å². The maximum absolute atomic E-state index is 13.1. The van der Waals surface area contributed by atoms with E-state index in [0.717, 1.165) is 5.56 Å². The highest BCUT2D eigenvalue weighted by molar-refractivity contribution is 5.83. The topological polar surface area (TPSA) is 212 Å². The van der Waals surface area contributed by atoms with Gasteiger partial charge in [0, 0.05) is 12.0 Å². The number of carbonyl (C=O) groups is 4. The lowest BCUT2D eigenvalue weighted by Gasteiger charge is -2.62. The number of rotatable bonds is 8. The summed E-state index contributed by atoms with van der Waals surface area (Å²) in [5, 5.41) is 29.0. The number of benzene rings is 1. The number of piperidine rings is 1. The predicted molar refractivity (Wildman–Crippen MR) is 127 cm³/mol. The molecule has 13 nitrogen and oxygen atoms in total. The zero-order valence-electron chi connectivity index (χ0n) is 20.6. The van der Waals surface area contributed by atoms with Gasteiger partial charge in [-0.15, -0.1) is 0 Å². The van der Waals surface area contributed by atoms with Crippen molar-refractivity contribution in [3.05, 3.63) is 35.1 Å². The zero-order valence-corrected chi connectivity index (χ0v) is 20.6. The number of phenols is 1. The summed E-state index contributed by atoms with van der Waals surface area (Å²) < 4.78 is 18.1. The number of aromatic hydroxyl groups is 1. The molecule has 38 heavy (non-hydrogen) atoms. The lowest BCUT2D eigenvalue weighted by molar-refractivity contribution is -0.206. The van der Waals surface area contributed by atoms with E-state index in [1.54, 1.807) is 12.1 Å². The largest absolute Gasteiger partial charge is 0.504 e. The number of hydrogen-bond donors (Lipinski definition) is 5. The highest BCUT2D eigenvalue weighted by Gasteiger charge is 2.74. The Morgan fingerprint density at radius 2 is 1.79 bits per heavy atom. The van der Waals surface area contributed by atoms with Crippen LogP contribution in [0.2, 0.25) is 0 Å². The standard InChI is InChI=1S/C25H29N3O10/c1-28-7-6-24-19-11-2-3-14(29)20(19)37-21(24)15(36-17(30)9-12(26)22(32)33)4-5-25(24,16(28)8-11)38-18(31)10-13(27)23(34)35/h2-4,12-13,16,21,29H,5-10,26-27H2,1H3,(H,32,33)(H,34,35)/t12-,13-,16+,21-,24-,25+/m0/s1. The van der Waals surface area contributed by atoms with Crippen molar-refractivity contribution < 1.29 is 48.7 Å². The first-order valence-corrected chi connectivity index (χ1v) is 12.2. The Hall–Kier alpha value is -3.68. The van der Waals surface area contributed by atoms with E-state index in [2.05, 4.69) is 4.90 Å². The number of carboxylic acid groups (broad SMARTS) is 2. The first-order valence-electron chi connectivity index (χ1n) is 12.2. The van der Waals surface area contributed by atoms with E-state index in [1.165, 1.54) is 6.07 Å². The van der Waals surface area contributed by atoms with Gasteiger partial charge in [0.25, 0.3) is 0 Å². The van der Waals surface area contributed by atoms with E-state index < -0.39 is 65.9 Å². The molecule has 0 aromatic heterocycles. The molecule has 204 valence electrons. The molecule has 7 N–H and O–H groups in total. The van der Waals surface area contributed by atoms with Crippen molar-refractivity contribution in [2.45, 2.75) is 67.3 Å². The molecule has 0 unspecified atom stereocenters. The van der Waals surface area contributed by atoms with Crippen LogP contribution in [0.3, 0.4) is 0 Å². The van der Waals surface area contributed by atoms with E-state index in [1.807, 2.05) is 7.05 Å². The van der Waals surface area contributed by atoms with Crippen LogP contribution in [-0.4, -0.2) is 87.5 Å². The highest BCUT2D eigenvalue weighted by Crippen LogP contribution is 2.66. The third-order valence-electron chi connectivity index (χ3n) is 8.25. The number of aliphatic carboxylic acids is 2. The first-order chi connectivity index (χ1) is 17.9. The van der Waals surface area contributed by atoms with Gasteiger partial charge in [-0.2, -0.15) is 0 Å². The van der Waals surface area contributed by atoms with Crippen LogP contribution in [-0.2, 0) is 40.5 Å². The third-order valence-corrected chi connectivity index (χ3v) is 8.25. The Kier molecular flexibility index (Phi) is 6.12. The van der Waals surface area contributed by atoms with E-state index in [0.29, 0.717) is 24.9 Å². The van der Waals surface area contributed by atoms with Crippen molar-refractivity contribution in [2.24, 2.45) is 11.5 Å². The lowest BCUT2D eigenvalue weighted by atomic mass is 9.50. The predicted octanol–water partition coefficient (Wildman–Crippen LogP) is -0.632. The number of carboxylic acids is 2. The molecule has 4 aliphatic rings. The summed E-state index contributed by atoms with van der Waals surface area (Å²) in [6.07, 6.45) is 0.416. The summed E-state index contributed by atoms with van der Waals surface area (Å²) in [5.74, 6) is -4.18. The lowest BCUT2D eigenvalue weighted by Crippen LogP contribution is -2.75. The SMILES string of the molecule is CN1CC[C@]23c4c5ccc(O)c4O[C@H]2C(OC(=O)C[C@H](N)C(=O)O)=CC[C@@]3(OC(=O)C[C@H](N)C(=O)O)[C@H]1C5. The van der Waals surface area contributed by atoms with Crippen molar-refractivity contribution in [2.75, 3.05) is 13.6 Å². The molecule has 1 aromatic carbocycles. The van der Waals surface area contributed by atoms with E-state index in [9.17, 15) is 29.4 Å². The van der Waals surface area contributed by atoms with Crippen LogP contribution in [0.15, 0.2) is 24.0 Å². The van der Waals surface area contributed by atoms with Crippen molar-refractivity contribution in [3.8, 4) is 11.5 Å². The van der Waals surface area contributed by atoms with Gasteiger partial charge < -0.3 is 41.0 Å². The van der Waals surface area contributed by atoms with Gasteiger partial charge in [-0.05, 0) is 44.1 Å². The van der Waals surface area contributed by atoms with Crippen molar-refractivity contribution in [1.82, 2.24) is 4.90 Å².